The van der Waals surface area contributed by atoms with Crippen LogP contribution in [0.2, 0.25) is 5.02 Å². The molecule has 3 heterocycles. The Morgan fingerprint density at radius 3 is 2.62 bits per heavy atom. The van der Waals surface area contributed by atoms with E-state index in [1.54, 1.807) is 11.8 Å². The lowest BCUT2D eigenvalue weighted by molar-refractivity contribution is 0.0287. The summed E-state index contributed by atoms with van der Waals surface area (Å²) in [7, 11) is 0. The highest BCUT2D eigenvalue weighted by molar-refractivity contribution is 7.22. The number of rotatable bonds is 5. The Labute approximate surface area is 208 Å². The minimum atomic E-state index is -0.523. The predicted octanol–water partition coefficient (Wildman–Crippen LogP) is 5.99. The van der Waals surface area contributed by atoms with Gasteiger partial charge in [0.1, 0.15) is 5.60 Å². The van der Waals surface area contributed by atoms with E-state index in [4.69, 9.17) is 21.1 Å². The van der Waals surface area contributed by atoms with Crippen molar-refractivity contribution >= 4 is 45.1 Å². The molecule has 0 N–H and O–H groups in total. The standard InChI is InChI=1S/C25H28ClN3O4S/c1-5-32-23(30)21-22-18(13-20(34-22)16-6-8-17(26)9-7-16)19(27-28-21)12-15-10-11-29(14-15)24(31)33-25(2,3)4/h6-9,13,15H,5,10-12,14H2,1-4H3. The smallest absolute Gasteiger partial charge is 0.410 e. The number of carbonyl (C=O) groups excluding carboxylic acids is 2. The summed E-state index contributed by atoms with van der Waals surface area (Å²) in [6.07, 6.45) is 1.23. The molecule has 34 heavy (non-hydrogen) atoms. The fraction of sp³-hybridized carbons (Fsp3) is 0.440. The van der Waals surface area contributed by atoms with Crippen molar-refractivity contribution in [2.45, 2.75) is 46.1 Å². The average Bonchev–Trinajstić information content (AvgIpc) is 3.41. The summed E-state index contributed by atoms with van der Waals surface area (Å²) in [4.78, 5) is 27.7. The number of carbonyl (C=O) groups is 2. The number of thiophene rings is 1. The zero-order valence-electron chi connectivity index (χ0n) is 19.8. The largest absolute Gasteiger partial charge is 0.461 e. The fourth-order valence-electron chi connectivity index (χ4n) is 4.00. The van der Waals surface area contributed by atoms with E-state index in [-0.39, 0.29) is 24.3 Å². The molecule has 1 aliphatic rings. The van der Waals surface area contributed by atoms with Crippen molar-refractivity contribution in [1.29, 1.82) is 0 Å². The number of likely N-dealkylation sites (tertiary alicyclic amines) is 1. The second-order valence-corrected chi connectivity index (χ2v) is 10.8. The SMILES string of the molecule is CCOC(=O)c1nnc(CC2CCN(C(=O)OC(C)(C)C)C2)c2cc(-c3ccc(Cl)cc3)sc12. The maximum absolute atomic E-state index is 12.5. The Balaban J connectivity index is 1.62. The number of esters is 1. The van der Waals surface area contributed by atoms with E-state index in [1.807, 2.05) is 45.0 Å². The van der Waals surface area contributed by atoms with Crippen molar-refractivity contribution in [3.05, 3.63) is 46.7 Å². The van der Waals surface area contributed by atoms with Gasteiger partial charge in [0.2, 0.25) is 0 Å². The number of amides is 1. The third-order valence-electron chi connectivity index (χ3n) is 5.55. The molecule has 1 amide bonds. The highest BCUT2D eigenvalue weighted by atomic mass is 35.5. The van der Waals surface area contributed by atoms with E-state index in [9.17, 15) is 9.59 Å². The average molecular weight is 502 g/mol. The first-order chi connectivity index (χ1) is 16.1. The van der Waals surface area contributed by atoms with Gasteiger partial charge in [-0.2, -0.15) is 5.10 Å². The second kappa shape index (κ2) is 9.88. The van der Waals surface area contributed by atoms with Crippen molar-refractivity contribution in [1.82, 2.24) is 15.1 Å². The lowest BCUT2D eigenvalue weighted by Crippen LogP contribution is -2.35. The number of fused-ring (bicyclic) bond motifs is 1. The molecular formula is C25H28ClN3O4S. The summed E-state index contributed by atoms with van der Waals surface area (Å²) >= 11 is 7.54. The van der Waals surface area contributed by atoms with Crippen LogP contribution < -0.4 is 0 Å². The Bertz CT molecular complexity index is 1200. The van der Waals surface area contributed by atoms with Crippen LogP contribution in [0.3, 0.4) is 0 Å². The molecule has 3 aromatic rings. The van der Waals surface area contributed by atoms with E-state index in [0.29, 0.717) is 24.5 Å². The molecule has 1 aromatic carbocycles. The lowest BCUT2D eigenvalue weighted by atomic mass is 10.00. The molecule has 1 saturated heterocycles. The van der Waals surface area contributed by atoms with Gasteiger partial charge in [-0.15, -0.1) is 16.4 Å². The molecule has 0 spiro atoms. The van der Waals surface area contributed by atoms with Gasteiger partial charge in [0.25, 0.3) is 0 Å². The van der Waals surface area contributed by atoms with Crippen molar-refractivity contribution < 1.29 is 19.1 Å². The molecule has 4 rings (SSSR count). The van der Waals surface area contributed by atoms with Crippen LogP contribution in [0.1, 0.15) is 50.3 Å². The molecule has 1 unspecified atom stereocenters. The summed E-state index contributed by atoms with van der Waals surface area (Å²) in [5.41, 5.74) is 1.52. The van der Waals surface area contributed by atoms with E-state index >= 15 is 0 Å². The molecule has 2 aromatic heterocycles. The zero-order valence-corrected chi connectivity index (χ0v) is 21.3. The molecule has 0 bridgehead atoms. The van der Waals surface area contributed by atoms with Crippen LogP contribution in [0.25, 0.3) is 20.5 Å². The molecular weight excluding hydrogens is 474 g/mol. The molecule has 1 fully saturated rings. The molecule has 0 aliphatic carbocycles. The summed E-state index contributed by atoms with van der Waals surface area (Å²) < 4.78 is 11.5. The quantitative estimate of drug-likeness (QED) is 0.399. The van der Waals surface area contributed by atoms with Gasteiger partial charge in [-0.3, -0.25) is 0 Å². The number of halogens is 1. The highest BCUT2D eigenvalue weighted by Crippen LogP contribution is 2.37. The van der Waals surface area contributed by atoms with E-state index in [2.05, 4.69) is 16.3 Å². The third kappa shape index (κ3) is 5.50. The number of benzene rings is 1. The van der Waals surface area contributed by atoms with Crippen LogP contribution in [0.15, 0.2) is 30.3 Å². The van der Waals surface area contributed by atoms with E-state index in [0.717, 1.165) is 32.6 Å². The van der Waals surface area contributed by atoms with E-state index in [1.165, 1.54) is 11.3 Å². The number of hydrogen-bond acceptors (Lipinski definition) is 7. The fourth-order valence-corrected chi connectivity index (χ4v) is 5.28. The first-order valence-electron chi connectivity index (χ1n) is 11.3. The Morgan fingerprint density at radius 1 is 1.21 bits per heavy atom. The summed E-state index contributed by atoms with van der Waals surface area (Å²) in [6.45, 7) is 8.88. The van der Waals surface area contributed by atoms with Crippen LogP contribution in [0.5, 0.6) is 0 Å². The Morgan fingerprint density at radius 2 is 1.94 bits per heavy atom. The van der Waals surface area contributed by atoms with Gasteiger partial charge >= 0.3 is 12.1 Å². The van der Waals surface area contributed by atoms with Crippen LogP contribution in [0, 0.1) is 5.92 Å². The molecule has 7 nitrogen and oxygen atoms in total. The molecule has 0 radical (unpaired) electrons. The minimum absolute atomic E-state index is 0.229. The third-order valence-corrected chi connectivity index (χ3v) is 6.99. The number of ether oxygens (including phenoxy) is 2. The van der Waals surface area contributed by atoms with Gasteiger partial charge in [-0.1, -0.05) is 23.7 Å². The van der Waals surface area contributed by atoms with Crippen LogP contribution in [0.4, 0.5) is 4.79 Å². The number of hydrogen-bond donors (Lipinski definition) is 0. The van der Waals surface area contributed by atoms with Crippen LogP contribution >= 0.6 is 22.9 Å². The number of nitrogens with zero attached hydrogens (tertiary/aromatic N) is 3. The van der Waals surface area contributed by atoms with Crippen molar-refractivity contribution in [3.63, 3.8) is 0 Å². The van der Waals surface area contributed by atoms with Crippen LogP contribution in [-0.2, 0) is 15.9 Å². The molecule has 1 atom stereocenters. The Kier molecular flexibility index (Phi) is 7.09. The topological polar surface area (TPSA) is 81.6 Å². The van der Waals surface area contributed by atoms with Crippen molar-refractivity contribution in [2.24, 2.45) is 5.92 Å². The summed E-state index contributed by atoms with van der Waals surface area (Å²) in [5, 5.41) is 10.2. The van der Waals surface area contributed by atoms with Gasteiger partial charge in [0.15, 0.2) is 5.69 Å². The summed E-state index contributed by atoms with van der Waals surface area (Å²) in [5.74, 6) is -0.245. The first-order valence-corrected chi connectivity index (χ1v) is 12.5. The Hall–Kier alpha value is -2.71. The van der Waals surface area contributed by atoms with Crippen molar-refractivity contribution in [2.75, 3.05) is 19.7 Å². The highest BCUT2D eigenvalue weighted by Gasteiger charge is 2.31. The monoisotopic (exact) mass is 501 g/mol. The van der Waals surface area contributed by atoms with E-state index < -0.39 is 11.6 Å². The maximum Gasteiger partial charge on any atom is 0.410 e. The molecule has 9 heteroatoms. The second-order valence-electron chi connectivity index (χ2n) is 9.36. The maximum atomic E-state index is 12.5. The minimum Gasteiger partial charge on any atom is -0.461 e. The lowest BCUT2D eigenvalue weighted by Gasteiger charge is -2.24. The number of aromatic nitrogens is 2. The normalized spacial score (nSPS) is 16.1. The molecule has 180 valence electrons. The predicted molar refractivity (Wildman–Crippen MR) is 133 cm³/mol. The van der Waals surface area contributed by atoms with Gasteiger partial charge in [0, 0.05) is 28.4 Å². The summed E-state index contributed by atoms with van der Waals surface area (Å²) in [6, 6.07) is 9.64. The molecule has 1 aliphatic heterocycles. The first kappa shape index (κ1) is 24.4. The van der Waals surface area contributed by atoms with Crippen LogP contribution in [-0.4, -0.2) is 52.5 Å². The van der Waals surface area contributed by atoms with Gasteiger partial charge in [-0.25, -0.2) is 9.59 Å². The van der Waals surface area contributed by atoms with Crippen molar-refractivity contribution in [3.8, 4) is 10.4 Å². The van der Waals surface area contributed by atoms with Gasteiger partial charge in [0.05, 0.1) is 17.0 Å². The zero-order chi connectivity index (χ0) is 24.5. The van der Waals surface area contributed by atoms with Gasteiger partial charge < -0.3 is 14.4 Å². The molecule has 0 saturated carbocycles. The van der Waals surface area contributed by atoms with Gasteiger partial charge in [-0.05, 0) is 70.2 Å².